The van der Waals surface area contributed by atoms with Crippen LogP contribution in [0.3, 0.4) is 0 Å². The van der Waals surface area contributed by atoms with E-state index in [1.807, 2.05) is 24.3 Å². The number of ether oxygens (including phenoxy) is 1. The molecule has 0 aliphatic rings. The van der Waals surface area contributed by atoms with Gasteiger partial charge < -0.3 is 9.72 Å². The lowest BCUT2D eigenvalue weighted by Gasteiger charge is -2.07. The molecule has 0 saturated carbocycles. The van der Waals surface area contributed by atoms with Crippen LogP contribution in [0.1, 0.15) is 17.1 Å². The fourth-order valence-electron chi connectivity index (χ4n) is 1.70. The van der Waals surface area contributed by atoms with Crippen LogP contribution in [0.4, 0.5) is 0 Å². The number of aromatic amines is 1. The van der Waals surface area contributed by atoms with Gasteiger partial charge in [0.1, 0.15) is 10.3 Å². The summed E-state index contributed by atoms with van der Waals surface area (Å²) in [7, 11) is 1.56. The van der Waals surface area contributed by atoms with Crippen molar-refractivity contribution in [2.45, 2.75) is 13.0 Å². The van der Waals surface area contributed by atoms with E-state index in [1.54, 1.807) is 7.11 Å². The maximum absolute atomic E-state index is 11.8. The van der Waals surface area contributed by atoms with Crippen molar-refractivity contribution in [2.24, 2.45) is 0 Å². The van der Waals surface area contributed by atoms with E-state index < -0.39 is 0 Å². The largest absolute Gasteiger partial charge is 0.378 e. The van der Waals surface area contributed by atoms with Crippen LogP contribution in [0.5, 0.6) is 0 Å². The van der Waals surface area contributed by atoms with E-state index in [4.69, 9.17) is 16.3 Å². The van der Waals surface area contributed by atoms with Crippen molar-refractivity contribution in [1.29, 1.82) is 0 Å². The molecule has 0 radical (unpaired) electrons. The fraction of sp³-hybridized carbons (Fsp3) is 0.231. The van der Waals surface area contributed by atoms with Gasteiger partial charge in [0.2, 0.25) is 0 Å². The first-order chi connectivity index (χ1) is 9.11. The lowest BCUT2D eigenvalue weighted by atomic mass is 10.1. The van der Waals surface area contributed by atoms with Gasteiger partial charge in [0, 0.05) is 18.6 Å². The number of H-pyrrole nitrogens is 1. The fourth-order valence-corrected chi connectivity index (χ4v) is 2.20. The van der Waals surface area contributed by atoms with E-state index >= 15 is 0 Å². The summed E-state index contributed by atoms with van der Waals surface area (Å²) in [5, 5.41) is 0.654. The summed E-state index contributed by atoms with van der Waals surface area (Å²) in [5.74, 6) is 0.563. The predicted octanol–water partition coefficient (Wildman–Crippen LogP) is 2.92. The highest BCUT2D eigenvalue weighted by Gasteiger charge is 2.10. The van der Waals surface area contributed by atoms with Crippen LogP contribution in [0.2, 0.25) is 5.02 Å². The van der Waals surface area contributed by atoms with Gasteiger partial charge >= 0.3 is 0 Å². The topological polar surface area (TPSA) is 55.0 Å². The van der Waals surface area contributed by atoms with Crippen molar-refractivity contribution in [3.05, 3.63) is 61.2 Å². The number of nitrogens with one attached hydrogen (secondary N) is 1. The third-order valence-electron chi connectivity index (χ3n) is 2.58. The van der Waals surface area contributed by atoms with Crippen molar-refractivity contribution in [1.82, 2.24) is 9.97 Å². The molecule has 2 rings (SSSR count). The summed E-state index contributed by atoms with van der Waals surface area (Å²) in [6.45, 7) is 0.278. The molecule has 1 aromatic heterocycles. The molecule has 0 aliphatic heterocycles. The number of rotatable bonds is 4. The van der Waals surface area contributed by atoms with Gasteiger partial charge in [0.05, 0.1) is 12.3 Å². The Morgan fingerprint density at radius 1 is 1.42 bits per heavy atom. The molecule has 0 spiro atoms. The number of hydrogen-bond donors (Lipinski definition) is 1. The number of aromatic nitrogens is 2. The zero-order valence-corrected chi connectivity index (χ0v) is 12.6. The maximum atomic E-state index is 11.8. The molecule has 0 aliphatic carbocycles. The Labute approximate surface area is 123 Å². The molecule has 0 atom stereocenters. The average Bonchev–Trinajstić information content (AvgIpc) is 2.38. The summed E-state index contributed by atoms with van der Waals surface area (Å²) >= 11 is 9.30. The van der Waals surface area contributed by atoms with Gasteiger partial charge in [-0.25, -0.2) is 4.98 Å². The molecule has 4 nitrogen and oxygen atoms in total. The Morgan fingerprint density at radius 2 is 2.16 bits per heavy atom. The first kappa shape index (κ1) is 14.2. The molecule has 1 aromatic carbocycles. The molecule has 6 heteroatoms. The third-order valence-corrected chi connectivity index (χ3v) is 3.76. The minimum absolute atomic E-state index is 0.218. The summed E-state index contributed by atoms with van der Waals surface area (Å²) in [4.78, 5) is 18.9. The molecule has 0 amide bonds. The Hall–Kier alpha value is -1.17. The molecule has 19 heavy (non-hydrogen) atoms. The van der Waals surface area contributed by atoms with E-state index in [2.05, 4.69) is 25.9 Å². The van der Waals surface area contributed by atoms with Crippen LogP contribution >= 0.6 is 27.5 Å². The predicted molar refractivity (Wildman–Crippen MR) is 77.5 cm³/mol. The van der Waals surface area contributed by atoms with Crippen LogP contribution < -0.4 is 5.56 Å². The number of methoxy groups -OCH3 is 1. The molecule has 1 N–H and O–H groups in total. The Kier molecular flexibility index (Phi) is 4.74. The van der Waals surface area contributed by atoms with Crippen molar-refractivity contribution in [3.63, 3.8) is 0 Å². The quantitative estimate of drug-likeness (QED) is 0.928. The van der Waals surface area contributed by atoms with Gasteiger partial charge in [-0.05, 0) is 27.6 Å². The monoisotopic (exact) mass is 342 g/mol. The molecule has 100 valence electrons. The van der Waals surface area contributed by atoms with Crippen LogP contribution in [0, 0.1) is 0 Å². The Bertz CT molecular complexity index is 643. The summed E-state index contributed by atoms with van der Waals surface area (Å²) < 4.78 is 5.42. The van der Waals surface area contributed by atoms with E-state index in [1.165, 1.54) is 0 Å². The molecule has 0 fully saturated rings. The summed E-state index contributed by atoms with van der Waals surface area (Å²) in [5.41, 5.74) is 1.27. The standard InChI is InChI=1S/C13H12BrClN2O2/c1-19-7-10-12(14)13(18)17-11(16-10)6-8-4-2-3-5-9(8)15/h2-5H,6-7H2,1H3,(H,16,17,18). The molecule has 0 bridgehead atoms. The lowest BCUT2D eigenvalue weighted by molar-refractivity contribution is 0.180. The highest BCUT2D eigenvalue weighted by Crippen LogP contribution is 2.18. The molecule has 0 saturated heterocycles. The SMILES string of the molecule is COCc1nc(Cc2ccccc2Cl)[nH]c(=O)c1Br. The first-order valence-electron chi connectivity index (χ1n) is 5.61. The second kappa shape index (κ2) is 6.32. The van der Waals surface area contributed by atoms with Gasteiger partial charge in [-0.3, -0.25) is 4.79 Å². The van der Waals surface area contributed by atoms with E-state index in [0.717, 1.165) is 5.56 Å². The number of hydrogen-bond acceptors (Lipinski definition) is 3. The first-order valence-corrected chi connectivity index (χ1v) is 6.79. The molecule has 1 heterocycles. The smallest absolute Gasteiger partial charge is 0.265 e. The molecular formula is C13H12BrClN2O2. The average molecular weight is 344 g/mol. The highest BCUT2D eigenvalue weighted by atomic mass is 79.9. The second-order valence-electron chi connectivity index (χ2n) is 3.97. The van der Waals surface area contributed by atoms with Crippen molar-refractivity contribution >= 4 is 27.5 Å². The molecule has 0 unspecified atom stereocenters. The normalized spacial score (nSPS) is 10.7. The number of halogens is 2. The lowest BCUT2D eigenvalue weighted by Crippen LogP contribution is -2.16. The van der Waals surface area contributed by atoms with Crippen LogP contribution in [0.25, 0.3) is 0 Å². The summed E-state index contributed by atoms with van der Waals surface area (Å²) in [6.07, 6.45) is 0.471. The van der Waals surface area contributed by atoms with Crippen LogP contribution in [-0.2, 0) is 17.8 Å². The van der Waals surface area contributed by atoms with E-state index in [9.17, 15) is 4.79 Å². The maximum Gasteiger partial charge on any atom is 0.265 e. The van der Waals surface area contributed by atoms with Crippen molar-refractivity contribution in [3.8, 4) is 0 Å². The van der Waals surface area contributed by atoms with Crippen LogP contribution in [-0.4, -0.2) is 17.1 Å². The minimum Gasteiger partial charge on any atom is -0.378 e. The number of benzene rings is 1. The third kappa shape index (κ3) is 3.43. The van der Waals surface area contributed by atoms with Crippen LogP contribution in [0.15, 0.2) is 33.5 Å². The van der Waals surface area contributed by atoms with Gasteiger partial charge in [-0.1, -0.05) is 29.8 Å². The van der Waals surface area contributed by atoms with Gasteiger partial charge in [-0.15, -0.1) is 0 Å². The molecular weight excluding hydrogens is 332 g/mol. The van der Waals surface area contributed by atoms with E-state index in [0.29, 0.717) is 27.4 Å². The van der Waals surface area contributed by atoms with Gasteiger partial charge in [-0.2, -0.15) is 0 Å². The molecule has 2 aromatic rings. The zero-order valence-electron chi connectivity index (χ0n) is 10.2. The Morgan fingerprint density at radius 3 is 2.84 bits per heavy atom. The second-order valence-corrected chi connectivity index (χ2v) is 5.17. The number of nitrogens with zero attached hydrogens (tertiary/aromatic N) is 1. The Balaban J connectivity index is 2.36. The highest BCUT2D eigenvalue weighted by molar-refractivity contribution is 9.10. The van der Waals surface area contributed by atoms with E-state index in [-0.39, 0.29) is 12.2 Å². The summed E-state index contributed by atoms with van der Waals surface area (Å²) in [6, 6.07) is 7.47. The van der Waals surface area contributed by atoms with Crippen molar-refractivity contribution in [2.75, 3.05) is 7.11 Å². The van der Waals surface area contributed by atoms with Gasteiger partial charge in [0.15, 0.2) is 0 Å². The van der Waals surface area contributed by atoms with Gasteiger partial charge in [0.25, 0.3) is 5.56 Å². The zero-order chi connectivity index (χ0) is 13.8. The van der Waals surface area contributed by atoms with Crippen molar-refractivity contribution < 1.29 is 4.74 Å². The minimum atomic E-state index is -0.218.